The van der Waals surface area contributed by atoms with E-state index in [1.54, 1.807) is 0 Å². The molecular formula is C5H8FNO4S. The molecule has 0 amide bonds. The third kappa shape index (κ3) is 1.72. The van der Waals surface area contributed by atoms with E-state index in [1.807, 2.05) is 0 Å². The molecule has 0 radical (unpaired) electrons. The van der Waals surface area contributed by atoms with Crippen LogP contribution in [0.2, 0.25) is 0 Å². The van der Waals surface area contributed by atoms with Gasteiger partial charge in [-0.1, -0.05) is 3.89 Å². The van der Waals surface area contributed by atoms with Crippen LogP contribution < -0.4 is 0 Å². The minimum Gasteiger partial charge on any atom is -0.480 e. The van der Waals surface area contributed by atoms with Crippen molar-refractivity contribution in [1.82, 2.24) is 4.31 Å². The van der Waals surface area contributed by atoms with Gasteiger partial charge in [0.25, 0.3) is 0 Å². The SMILES string of the molecule is O=C(O)[C@@H]1CCCN1S(=O)(=O)F. The summed E-state index contributed by atoms with van der Waals surface area (Å²) in [5.74, 6) is -1.30. The summed E-state index contributed by atoms with van der Waals surface area (Å²) in [4.78, 5) is 10.4. The van der Waals surface area contributed by atoms with Crippen molar-refractivity contribution in [2.24, 2.45) is 0 Å². The number of nitrogens with zero attached hydrogens (tertiary/aromatic N) is 1. The molecule has 0 saturated carbocycles. The lowest BCUT2D eigenvalue weighted by Gasteiger charge is -2.14. The lowest BCUT2D eigenvalue weighted by Crippen LogP contribution is -2.38. The first kappa shape index (κ1) is 9.40. The Morgan fingerprint density at radius 3 is 2.50 bits per heavy atom. The Labute approximate surface area is 69.1 Å². The van der Waals surface area contributed by atoms with Crippen LogP contribution in [0.15, 0.2) is 0 Å². The summed E-state index contributed by atoms with van der Waals surface area (Å²) in [5, 5.41) is 8.47. The maximum Gasteiger partial charge on any atom is 0.375 e. The summed E-state index contributed by atoms with van der Waals surface area (Å²) < 4.78 is 33.4. The predicted molar refractivity (Wildman–Crippen MR) is 37.4 cm³/mol. The van der Waals surface area contributed by atoms with Crippen molar-refractivity contribution >= 4 is 16.4 Å². The van der Waals surface area contributed by atoms with Gasteiger partial charge in [0.1, 0.15) is 6.04 Å². The molecule has 0 spiro atoms. The minimum absolute atomic E-state index is 0.0458. The van der Waals surface area contributed by atoms with Gasteiger partial charge < -0.3 is 5.11 Å². The highest BCUT2D eigenvalue weighted by molar-refractivity contribution is 7.84. The van der Waals surface area contributed by atoms with Crippen molar-refractivity contribution in [2.75, 3.05) is 6.54 Å². The lowest BCUT2D eigenvalue weighted by molar-refractivity contribution is -0.140. The summed E-state index contributed by atoms with van der Waals surface area (Å²) in [7, 11) is -4.84. The van der Waals surface area contributed by atoms with E-state index in [9.17, 15) is 17.1 Å². The first-order valence-electron chi connectivity index (χ1n) is 3.37. The lowest BCUT2D eigenvalue weighted by atomic mass is 10.2. The third-order valence-corrected chi connectivity index (χ3v) is 2.77. The molecule has 1 N–H and O–H groups in total. The maximum absolute atomic E-state index is 12.3. The molecule has 1 saturated heterocycles. The van der Waals surface area contributed by atoms with Gasteiger partial charge in [0.2, 0.25) is 0 Å². The molecule has 12 heavy (non-hydrogen) atoms. The van der Waals surface area contributed by atoms with Crippen molar-refractivity contribution in [3.05, 3.63) is 0 Å². The third-order valence-electron chi connectivity index (χ3n) is 1.77. The average Bonchev–Trinajstić information content (AvgIpc) is 2.30. The van der Waals surface area contributed by atoms with Crippen LogP contribution in [-0.2, 0) is 15.2 Å². The number of carboxylic acids is 1. The van der Waals surface area contributed by atoms with E-state index in [1.165, 1.54) is 0 Å². The summed E-state index contributed by atoms with van der Waals surface area (Å²) in [5.41, 5.74) is 0. The zero-order valence-electron chi connectivity index (χ0n) is 6.10. The van der Waals surface area contributed by atoms with Crippen LogP contribution >= 0.6 is 0 Å². The van der Waals surface area contributed by atoms with Crippen LogP contribution in [0.4, 0.5) is 3.89 Å². The van der Waals surface area contributed by atoms with E-state index < -0.39 is 22.4 Å². The van der Waals surface area contributed by atoms with Gasteiger partial charge in [-0.25, -0.2) is 0 Å². The number of carboxylic acid groups (broad SMARTS) is 1. The Hall–Kier alpha value is -0.690. The summed E-state index contributed by atoms with van der Waals surface area (Å²) in [6.45, 7) is -0.0458. The Bertz CT molecular complexity index is 288. The molecule has 0 aromatic rings. The quantitative estimate of drug-likeness (QED) is 0.619. The van der Waals surface area contributed by atoms with E-state index in [2.05, 4.69) is 0 Å². The molecule has 1 atom stereocenters. The first-order valence-corrected chi connectivity index (χ1v) is 4.71. The highest BCUT2D eigenvalue weighted by Gasteiger charge is 2.38. The van der Waals surface area contributed by atoms with E-state index in [0.29, 0.717) is 10.7 Å². The summed E-state index contributed by atoms with van der Waals surface area (Å²) >= 11 is 0. The van der Waals surface area contributed by atoms with Gasteiger partial charge in [-0.3, -0.25) is 4.79 Å². The van der Waals surface area contributed by atoms with Gasteiger partial charge in [0.15, 0.2) is 0 Å². The Kier molecular flexibility index (Phi) is 2.34. The monoisotopic (exact) mass is 197 g/mol. The van der Waals surface area contributed by atoms with Crippen molar-refractivity contribution < 1.29 is 22.2 Å². The smallest absolute Gasteiger partial charge is 0.375 e. The number of hydrogen-bond donors (Lipinski definition) is 1. The van der Waals surface area contributed by atoms with Crippen molar-refractivity contribution in [1.29, 1.82) is 0 Å². The fourth-order valence-electron chi connectivity index (χ4n) is 1.25. The fourth-order valence-corrected chi connectivity index (χ4v) is 2.09. The van der Waals surface area contributed by atoms with Crippen LogP contribution in [-0.4, -0.2) is 36.4 Å². The van der Waals surface area contributed by atoms with E-state index in [4.69, 9.17) is 5.11 Å². The molecule has 0 unspecified atom stereocenters. The van der Waals surface area contributed by atoms with Crippen molar-refractivity contribution in [2.45, 2.75) is 18.9 Å². The fraction of sp³-hybridized carbons (Fsp3) is 0.800. The van der Waals surface area contributed by atoms with Gasteiger partial charge in [-0.15, -0.1) is 0 Å². The zero-order chi connectivity index (χ0) is 9.35. The van der Waals surface area contributed by atoms with Crippen LogP contribution in [0.3, 0.4) is 0 Å². The second kappa shape index (κ2) is 2.98. The Morgan fingerprint density at radius 1 is 1.58 bits per heavy atom. The highest BCUT2D eigenvalue weighted by atomic mass is 32.3. The first-order chi connectivity index (χ1) is 5.43. The second-order valence-electron chi connectivity index (χ2n) is 2.55. The van der Waals surface area contributed by atoms with Crippen LogP contribution in [0.5, 0.6) is 0 Å². The number of carbonyl (C=O) groups is 1. The van der Waals surface area contributed by atoms with Gasteiger partial charge in [0, 0.05) is 6.54 Å². The standard InChI is InChI=1S/C5H8FNO4S/c6-12(10,11)7-3-1-2-4(7)5(8)9/h4H,1-3H2,(H,8,9)/t4-/m0/s1. The molecule has 1 fully saturated rings. The normalized spacial score (nSPS) is 25.9. The van der Waals surface area contributed by atoms with Crippen molar-refractivity contribution in [3.8, 4) is 0 Å². The molecule has 70 valence electrons. The van der Waals surface area contributed by atoms with Gasteiger partial charge in [-0.2, -0.15) is 12.7 Å². The largest absolute Gasteiger partial charge is 0.480 e. The molecule has 5 nitrogen and oxygen atoms in total. The van der Waals surface area contributed by atoms with Crippen molar-refractivity contribution in [3.63, 3.8) is 0 Å². The molecule has 7 heteroatoms. The molecule has 1 rings (SSSR count). The molecule has 0 aliphatic carbocycles. The van der Waals surface area contributed by atoms with E-state index in [0.717, 1.165) is 0 Å². The van der Waals surface area contributed by atoms with Crippen LogP contribution in [0.1, 0.15) is 12.8 Å². The van der Waals surface area contributed by atoms with E-state index in [-0.39, 0.29) is 13.0 Å². The van der Waals surface area contributed by atoms with Gasteiger partial charge in [-0.05, 0) is 12.8 Å². The Morgan fingerprint density at radius 2 is 2.17 bits per heavy atom. The average molecular weight is 197 g/mol. The Balaban J connectivity index is 2.85. The summed E-state index contributed by atoms with van der Waals surface area (Å²) in [6, 6.07) is -1.22. The molecular weight excluding hydrogens is 189 g/mol. The zero-order valence-corrected chi connectivity index (χ0v) is 6.92. The number of rotatable bonds is 2. The molecule has 0 aromatic carbocycles. The number of halogens is 1. The van der Waals surface area contributed by atoms with Crippen LogP contribution in [0, 0.1) is 0 Å². The number of hydrogen-bond acceptors (Lipinski definition) is 3. The highest BCUT2D eigenvalue weighted by Crippen LogP contribution is 2.21. The van der Waals surface area contributed by atoms with Gasteiger partial charge in [0.05, 0.1) is 0 Å². The topological polar surface area (TPSA) is 74.7 Å². The molecule has 0 bridgehead atoms. The second-order valence-corrected chi connectivity index (χ2v) is 3.84. The molecule has 0 aromatic heterocycles. The summed E-state index contributed by atoms with van der Waals surface area (Å²) in [6.07, 6.45) is 0.568. The molecule has 1 aliphatic heterocycles. The molecule has 1 aliphatic rings. The minimum atomic E-state index is -4.84. The van der Waals surface area contributed by atoms with E-state index >= 15 is 0 Å². The molecule has 1 heterocycles. The van der Waals surface area contributed by atoms with Crippen LogP contribution in [0.25, 0.3) is 0 Å². The number of aliphatic carboxylic acids is 1. The predicted octanol–water partition coefficient (Wildman–Crippen LogP) is -0.250. The maximum atomic E-state index is 12.3. The van der Waals surface area contributed by atoms with Gasteiger partial charge >= 0.3 is 16.4 Å².